The van der Waals surface area contributed by atoms with Gasteiger partial charge in [-0.1, -0.05) is 0 Å². The molecule has 1 amide bonds. The third-order valence-corrected chi connectivity index (χ3v) is 2.17. The van der Waals surface area contributed by atoms with E-state index < -0.39 is 0 Å². The van der Waals surface area contributed by atoms with Crippen LogP contribution < -0.4 is 5.32 Å². The molecule has 0 aliphatic rings. The standard InChI is InChI=1S/C10H15ClN4O/c1-6-5-8(14-10(11)12-6)13-7(2)9(16)15(3)4/h5,7H,1-4H3,(H,12,13,14). The number of likely N-dealkylation sites (N-methyl/N-ethyl adjacent to an activating group) is 1. The van der Waals surface area contributed by atoms with Crippen LogP contribution in [0.3, 0.4) is 0 Å². The van der Waals surface area contributed by atoms with Crippen molar-refractivity contribution in [2.75, 3.05) is 19.4 Å². The zero-order valence-electron chi connectivity index (χ0n) is 9.78. The summed E-state index contributed by atoms with van der Waals surface area (Å²) in [6, 6.07) is 1.39. The van der Waals surface area contributed by atoms with Gasteiger partial charge < -0.3 is 10.2 Å². The quantitative estimate of drug-likeness (QED) is 0.813. The first kappa shape index (κ1) is 12.7. The number of carbonyl (C=O) groups is 1. The van der Waals surface area contributed by atoms with Crippen LogP contribution >= 0.6 is 11.6 Å². The summed E-state index contributed by atoms with van der Waals surface area (Å²) < 4.78 is 0. The van der Waals surface area contributed by atoms with Crippen molar-refractivity contribution in [1.29, 1.82) is 0 Å². The molecule has 0 aliphatic carbocycles. The molecule has 0 aromatic carbocycles. The van der Waals surface area contributed by atoms with Crippen molar-refractivity contribution in [3.05, 3.63) is 17.0 Å². The Balaban J connectivity index is 2.76. The van der Waals surface area contributed by atoms with Crippen molar-refractivity contribution in [2.24, 2.45) is 0 Å². The summed E-state index contributed by atoms with van der Waals surface area (Å²) in [5.74, 6) is 0.535. The second kappa shape index (κ2) is 5.12. The normalized spacial score (nSPS) is 12.1. The van der Waals surface area contributed by atoms with Gasteiger partial charge >= 0.3 is 0 Å². The van der Waals surface area contributed by atoms with Crippen molar-refractivity contribution in [2.45, 2.75) is 19.9 Å². The van der Waals surface area contributed by atoms with Gasteiger partial charge in [-0.25, -0.2) is 9.97 Å². The van der Waals surface area contributed by atoms with E-state index in [-0.39, 0.29) is 17.2 Å². The van der Waals surface area contributed by atoms with Crippen LogP contribution in [-0.2, 0) is 4.79 Å². The van der Waals surface area contributed by atoms with Crippen molar-refractivity contribution < 1.29 is 4.79 Å². The number of amides is 1. The fourth-order valence-electron chi connectivity index (χ4n) is 1.28. The molecule has 0 saturated heterocycles. The van der Waals surface area contributed by atoms with Crippen LogP contribution in [0.15, 0.2) is 6.07 Å². The molecule has 1 aromatic heterocycles. The van der Waals surface area contributed by atoms with Crippen molar-refractivity contribution in [3.8, 4) is 0 Å². The molecule has 1 atom stereocenters. The zero-order chi connectivity index (χ0) is 12.3. The molecular formula is C10H15ClN4O. The highest BCUT2D eigenvalue weighted by Gasteiger charge is 2.15. The average molecular weight is 243 g/mol. The van der Waals surface area contributed by atoms with Gasteiger partial charge in [-0.15, -0.1) is 0 Å². The molecule has 0 fully saturated rings. The lowest BCUT2D eigenvalue weighted by molar-refractivity contribution is -0.129. The summed E-state index contributed by atoms with van der Waals surface area (Å²) in [6.45, 7) is 3.59. The minimum absolute atomic E-state index is 0.0209. The van der Waals surface area contributed by atoms with Gasteiger partial charge in [0.25, 0.3) is 0 Å². The SMILES string of the molecule is Cc1cc(NC(C)C(=O)N(C)C)nc(Cl)n1. The largest absolute Gasteiger partial charge is 0.358 e. The molecule has 88 valence electrons. The highest BCUT2D eigenvalue weighted by atomic mass is 35.5. The Kier molecular flexibility index (Phi) is 4.06. The van der Waals surface area contributed by atoms with Crippen LogP contribution in [0.2, 0.25) is 5.28 Å². The molecule has 1 aromatic rings. The number of aromatic nitrogens is 2. The monoisotopic (exact) mass is 242 g/mol. The first-order valence-corrected chi connectivity index (χ1v) is 5.27. The van der Waals surface area contributed by atoms with E-state index in [0.717, 1.165) is 5.69 Å². The lowest BCUT2D eigenvalue weighted by Gasteiger charge is -2.18. The Morgan fingerprint density at radius 1 is 1.50 bits per heavy atom. The van der Waals surface area contributed by atoms with Crippen molar-refractivity contribution in [3.63, 3.8) is 0 Å². The van der Waals surface area contributed by atoms with Crippen LogP contribution in [-0.4, -0.2) is 40.9 Å². The first-order chi connectivity index (χ1) is 7.40. The van der Waals surface area contributed by atoms with Gasteiger partial charge in [0.1, 0.15) is 11.9 Å². The maximum absolute atomic E-state index is 11.6. The van der Waals surface area contributed by atoms with Crippen LogP contribution in [0.1, 0.15) is 12.6 Å². The Bertz CT molecular complexity index is 374. The minimum atomic E-state index is -0.347. The number of hydrogen-bond donors (Lipinski definition) is 1. The van der Waals surface area contributed by atoms with Crippen LogP contribution in [0.4, 0.5) is 5.82 Å². The molecule has 5 nitrogen and oxygen atoms in total. The Hall–Kier alpha value is -1.36. The van der Waals surface area contributed by atoms with Gasteiger partial charge in [0.15, 0.2) is 0 Å². The number of anilines is 1. The van der Waals surface area contributed by atoms with E-state index in [1.807, 2.05) is 6.92 Å². The summed E-state index contributed by atoms with van der Waals surface area (Å²) in [7, 11) is 3.41. The second-order valence-electron chi connectivity index (χ2n) is 3.76. The molecule has 1 unspecified atom stereocenters. The highest BCUT2D eigenvalue weighted by Crippen LogP contribution is 2.11. The molecular weight excluding hydrogens is 228 g/mol. The summed E-state index contributed by atoms with van der Waals surface area (Å²) in [5.41, 5.74) is 0.756. The fourth-order valence-corrected chi connectivity index (χ4v) is 1.50. The van der Waals surface area contributed by atoms with Crippen LogP contribution in [0.25, 0.3) is 0 Å². The van der Waals surface area contributed by atoms with Gasteiger partial charge in [0.05, 0.1) is 0 Å². The Morgan fingerprint density at radius 3 is 2.62 bits per heavy atom. The molecule has 0 radical (unpaired) electrons. The number of nitrogens with zero attached hydrogens (tertiary/aromatic N) is 3. The van der Waals surface area contributed by atoms with Gasteiger partial charge in [-0.2, -0.15) is 0 Å². The topological polar surface area (TPSA) is 58.1 Å². The van der Waals surface area contributed by atoms with Crippen molar-refractivity contribution in [1.82, 2.24) is 14.9 Å². The highest BCUT2D eigenvalue weighted by molar-refractivity contribution is 6.28. The number of carbonyl (C=O) groups excluding carboxylic acids is 1. The van der Waals surface area contributed by atoms with E-state index in [9.17, 15) is 4.79 Å². The second-order valence-corrected chi connectivity index (χ2v) is 4.10. The predicted octanol–water partition coefficient (Wildman–Crippen LogP) is 1.33. The minimum Gasteiger partial charge on any atom is -0.358 e. The third-order valence-electron chi connectivity index (χ3n) is 2.00. The van der Waals surface area contributed by atoms with Gasteiger partial charge in [-0.05, 0) is 25.4 Å². The van der Waals surface area contributed by atoms with E-state index >= 15 is 0 Å². The smallest absolute Gasteiger partial charge is 0.244 e. The molecule has 1 rings (SSSR count). The molecule has 0 aliphatic heterocycles. The van der Waals surface area contributed by atoms with Gasteiger partial charge in [0, 0.05) is 25.9 Å². The molecule has 6 heteroatoms. The summed E-state index contributed by atoms with van der Waals surface area (Å²) in [5, 5.41) is 3.15. The van der Waals surface area contributed by atoms with Crippen LogP contribution in [0.5, 0.6) is 0 Å². The van der Waals surface area contributed by atoms with E-state index in [1.165, 1.54) is 4.90 Å². The number of hydrogen-bond acceptors (Lipinski definition) is 4. The maximum atomic E-state index is 11.6. The lowest BCUT2D eigenvalue weighted by atomic mass is 10.3. The lowest BCUT2D eigenvalue weighted by Crippen LogP contribution is -2.36. The number of nitrogens with one attached hydrogen (secondary N) is 1. The molecule has 0 bridgehead atoms. The molecule has 16 heavy (non-hydrogen) atoms. The summed E-state index contributed by atoms with van der Waals surface area (Å²) in [4.78, 5) is 21.1. The van der Waals surface area contributed by atoms with Crippen LogP contribution in [0, 0.1) is 6.92 Å². The zero-order valence-corrected chi connectivity index (χ0v) is 10.5. The van der Waals surface area contributed by atoms with Gasteiger partial charge in [0.2, 0.25) is 11.2 Å². The van der Waals surface area contributed by atoms with Crippen molar-refractivity contribution >= 4 is 23.3 Å². The first-order valence-electron chi connectivity index (χ1n) is 4.89. The number of halogens is 1. The van der Waals surface area contributed by atoms with E-state index in [2.05, 4.69) is 15.3 Å². The fraction of sp³-hybridized carbons (Fsp3) is 0.500. The molecule has 1 heterocycles. The number of aryl methyl sites for hydroxylation is 1. The maximum Gasteiger partial charge on any atom is 0.244 e. The van der Waals surface area contributed by atoms with E-state index in [4.69, 9.17) is 11.6 Å². The predicted molar refractivity (Wildman–Crippen MR) is 63.6 cm³/mol. The summed E-state index contributed by atoms with van der Waals surface area (Å²) >= 11 is 5.72. The Labute approximate surface area is 99.8 Å². The third kappa shape index (κ3) is 3.34. The molecule has 0 spiro atoms. The molecule has 1 N–H and O–H groups in total. The van der Waals surface area contributed by atoms with E-state index in [0.29, 0.717) is 5.82 Å². The van der Waals surface area contributed by atoms with Gasteiger partial charge in [-0.3, -0.25) is 4.79 Å². The summed E-state index contributed by atoms with van der Waals surface area (Å²) in [6.07, 6.45) is 0. The molecule has 0 saturated carbocycles. The average Bonchev–Trinajstić information content (AvgIpc) is 2.14. The van der Waals surface area contributed by atoms with E-state index in [1.54, 1.807) is 27.1 Å². The number of rotatable bonds is 3. The Morgan fingerprint density at radius 2 is 2.12 bits per heavy atom.